The number of aryl methyl sites for hydroxylation is 1. The van der Waals surface area contributed by atoms with Crippen molar-refractivity contribution in [1.29, 1.82) is 0 Å². The van der Waals surface area contributed by atoms with Gasteiger partial charge < -0.3 is 5.32 Å². The fraction of sp³-hybridized carbons (Fsp3) is 0.0714. The van der Waals surface area contributed by atoms with E-state index in [2.05, 4.69) is 20.3 Å². The molecule has 21 heavy (non-hydrogen) atoms. The molecule has 7 heteroatoms. The normalized spacial score (nSPS) is 12.4. The van der Waals surface area contributed by atoms with Crippen LogP contribution in [0.3, 0.4) is 0 Å². The van der Waals surface area contributed by atoms with Gasteiger partial charge in [-0.1, -0.05) is 0 Å². The zero-order chi connectivity index (χ0) is 15.0. The summed E-state index contributed by atoms with van der Waals surface area (Å²) in [5, 5.41) is 3.32. The van der Waals surface area contributed by atoms with Crippen molar-refractivity contribution in [2.45, 2.75) is 6.92 Å². The topological polar surface area (TPSA) is 83.8 Å². The molecule has 6 nitrogen and oxygen atoms in total. The molecule has 2 heterocycles. The van der Waals surface area contributed by atoms with Gasteiger partial charge in [-0.25, -0.2) is 14.2 Å². The molecule has 2 aromatic rings. The number of nitrogens with one attached hydrogen (secondary N) is 1. The number of amides is 3. The lowest BCUT2D eigenvalue weighted by molar-refractivity contribution is 0.101. The van der Waals surface area contributed by atoms with E-state index in [-0.39, 0.29) is 5.69 Å². The number of carbonyl (C=O) groups excluding carboxylic acids is 2. The van der Waals surface area contributed by atoms with Crippen LogP contribution >= 0.6 is 0 Å². The van der Waals surface area contributed by atoms with E-state index in [0.717, 1.165) is 0 Å². The summed E-state index contributed by atoms with van der Waals surface area (Å²) in [4.78, 5) is 34.1. The first-order valence-corrected chi connectivity index (χ1v) is 6.08. The van der Waals surface area contributed by atoms with Crippen LogP contribution in [0.15, 0.2) is 40.4 Å². The Kier molecular flexibility index (Phi) is 3.02. The van der Waals surface area contributed by atoms with E-state index in [9.17, 15) is 14.0 Å². The number of aromatic nitrogens is 1. The largest absolute Gasteiger partial charge is 0.368 e. The number of pyridine rings is 1. The van der Waals surface area contributed by atoms with Gasteiger partial charge in [-0.3, -0.25) is 4.79 Å². The van der Waals surface area contributed by atoms with Gasteiger partial charge in [0.1, 0.15) is 0 Å². The first-order valence-electron chi connectivity index (χ1n) is 6.08. The summed E-state index contributed by atoms with van der Waals surface area (Å²) in [6.07, 6.45) is 1.41. The predicted octanol–water partition coefficient (Wildman–Crippen LogP) is 1.15. The number of hydrogen-bond acceptors (Lipinski definition) is 3. The molecule has 1 N–H and O–H groups in total. The smallest absolute Gasteiger partial charge is 0.320 e. The molecule has 0 unspecified atom stereocenters. The van der Waals surface area contributed by atoms with Gasteiger partial charge in [0.05, 0.1) is 10.7 Å². The molecule has 104 valence electrons. The molecule has 1 aliphatic heterocycles. The Morgan fingerprint density at radius 1 is 1.19 bits per heavy atom. The molecule has 0 fully saturated rings. The maximum Gasteiger partial charge on any atom is 0.368 e. The Hall–Kier alpha value is -2.96. The van der Waals surface area contributed by atoms with Gasteiger partial charge in [0.25, 0.3) is 5.91 Å². The molecule has 1 aromatic carbocycles. The summed E-state index contributed by atoms with van der Waals surface area (Å²) in [5.74, 6) is -1.36. The number of rotatable bonds is 2. The minimum Gasteiger partial charge on any atom is -0.320 e. The predicted molar refractivity (Wildman–Crippen MR) is 71.0 cm³/mol. The van der Waals surface area contributed by atoms with Crippen molar-refractivity contribution in [3.63, 3.8) is 0 Å². The van der Waals surface area contributed by atoms with Crippen molar-refractivity contribution < 1.29 is 14.0 Å². The second-order valence-corrected chi connectivity index (χ2v) is 4.51. The average molecular weight is 284 g/mol. The SMILES string of the molecule is Cc1cnc(C(=O)Nc2ccc3c(c2)=NC(=O)N=3)c(F)c1. The zero-order valence-electron chi connectivity index (χ0n) is 10.9. The highest BCUT2D eigenvalue weighted by molar-refractivity contribution is 6.03. The Morgan fingerprint density at radius 3 is 2.71 bits per heavy atom. The van der Waals surface area contributed by atoms with Crippen LogP contribution in [0.5, 0.6) is 0 Å². The lowest BCUT2D eigenvalue weighted by Gasteiger charge is -2.05. The van der Waals surface area contributed by atoms with E-state index in [4.69, 9.17) is 0 Å². The number of fused-ring (bicyclic) bond motifs is 1. The van der Waals surface area contributed by atoms with Crippen molar-refractivity contribution in [1.82, 2.24) is 4.98 Å². The van der Waals surface area contributed by atoms with Gasteiger partial charge in [-0.15, -0.1) is 0 Å². The molecule has 3 amide bonds. The quantitative estimate of drug-likeness (QED) is 0.898. The van der Waals surface area contributed by atoms with Gasteiger partial charge in [-0.05, 0) is 36.8 Å². The number of hydrogen-bond donors (Lipinski definition) is 1. The highest BCUT2D eigenvalue weighted by Gasteiger charge is 2.14. The number of anilines is 1. The van der Waals surface area contributed by atoms with Crippen LogP contribution in [-0.2, 0) is 0 Å². The fourth-order valence-corrected chi connectivity index (χ4v) is 1.91. The van der Waals surface area contributed by atoms with Gasteiger partial charge in [0.15, 0.2) is 11.5 Å². The molecule has 3 rings (SSSR count). The van der Waals surface area contributed by atoms with E-state index >= 15 is 0 Å². The van der Waals surface area contributed by atoms with Gasteiger partial charge in [0.2, 0.25) is 0 Å². The first-order chi connectivity index (χ1) is 10.0. The molecule has 0 radical (unpaired) electrons. The highest BCUT2D eigenvalue weighted by atomic mass is 19.1. The lowest BCUT2D eigenvalue weighted by atomic mass is 10.2. The average Bonchev–Trinajstić information content (AvgIpc) is 2.77. The highest BCUT2D eigenvalue weighted by Crippen LogP contribution is 2.09. The van der Waals surface area contributed by atoms with Crippen LogP contribution in [0.1, 0.15) is 16.1 Å². The molecular formula is C14H9FN4O2. The van der Waals surface area contributed by atoms with Crippen molar-refractivity contribution in [2.24, 2.45) is 9.98 Å². The third-order valence-electron chi connectivity index (χ3n) is 2.86. The Labute approximate surface area is 118 Å². The second kappa shape index (κ2) is 4.86. The minimum absolute atomic E-state index is 0.293. The lowest BCUT2D eigenvalue weighted by Crippen LogP contribution is -2.23. The van der Waals surface area contributed by atoms with E-state index in [1.807, 2.05) is 0 Å². The van der Waals surface area contributed by atoms with Crippen LogP contribution in [0, 0.1) is 12.7 Å². The van der Waals surface area contributed by atoms with Gasteiger partial charge in [-0.2, -0.15) is 9.98 Å². The van der Waals surface area contributed by atoms with Crippen LogP contribution in [0.4, 0.5) is 14.9 Å². The maximum atomic E-state index is 13.7. The number of benzene rings is 1. The molecule has 1 aliphatic rings. The molecule has 0 saturated carbocycles. The van der Waals surface area contributed by atoms with Crippen molar-refractivity contribution >= 4 is 17.6 Å². The first kappa shape index (κ1) is 13.0. The Morgan fingerprint density at radius 2 is 1.95 bits per heavy atom. The molecule has 0 saturated heterocycles. The van der Waals surface area contributed by atoms with Crippen LogP contribution in [0.25, 0.3) is 0 Å². The molecule has 0 bridgehead atoms. The molecule has 0 aliphatic carbocycles. The Balaban J connectivity index is 1.90. The van der Waals surface area contributed by atoms with Gasteiger partial charge >= 0.3 is 6.03 Å². The van der Waals surface area contributed by atoms with Crippen molar-refractivity contribution in [3.05, 3.63) is 58.3 Å². The maximum absolute atomic E-state index is 13.7. The third kappa shape index (κ3) is 2.53. The molecule has 0 spiro atoms. The number of nitrogens with zero attached hydrogens (tertiary/aromatic N) is 3. The monoisotopic (exact) mass is 284 g/mol. The van der Waals surface area contributed by atoms with E-state index in [1.165, 1.54) is 18.3 Å². The summed E-state index contributed by atoms with van der Waals surface area (Å²) in [6, 6.07) is 5.25. The third-order valence-corrected chi connectivity index (χ3v) is 2.86. The zero-order valence-corrected chi connectivity index (χ0v) is 10.9. The Bertz CT molecular complexity index is 892. The number of carbonyl (C=O) groups is 2. The second-order valence-electron chi connectivity index (χ2n) is 4.51. The molecule has 0 atom stereocenters. The number of halogens is 1. The minimum atomic E-state index is -0.691. The van der Waals surface area contributed by atoms with Crippen molar-refractivity contribution in [2.75, 3.05) is 5.32 Å². The van der Waals surface area contributed by atoms with Crippen molar-refractivity contribution in [3.8, 4) is 0 Å². The van der Waals surface area contributed by atoms with Crippen LogP contribution < -0.4 is 16.0 Å². The number of urea groups is 1. The fourth-order valence-electron chi connectivity index (χ4n) is 1.91. The summed E-state index contributed by atoms with van der Waals surface area (Å²) < 4.78 is 13.7. The van der Waals surface area contributed by atoms with Crippen LogP contribution in [0.2, 0.25) is 0 Å². The summed E-state index contributed by atoms with van der Waals surface area (Å²) in [5.41, 5.74) is 0.716. The van der Waals surface area contributed by atoms with Crippen LogP contribution in [-0.4, -0.2) is 16.9 Å². The molecule has 1 aromatic heterocycles. The standard InChI is InChI=1S/C14H9FN4O2/c1-7-4-9(15)12(16-6-7)13(20)17-8-2-3-10-11(5-8)19-14(21)18-10/h2-6H,1H3,(H,17,20). The molecular weight excluding hydrogens is 275 g/mol. The summed E-state index contributed by atoms with van der Waals surface area (Å²) in [7, 11) is 0. The van der Waals surface area contributed by atoms with E-state index in [0.29, 0.717) is 22.0 Å². The summed E-state index contributed by atoms with van der Waals surface area (Å²) >= 11 is 0. The van der Waals surface area contributed by atoms with E-state index in [1.54, 1.807) is 19.1 Å². The van der Waals surface area contributed by atoms with E-state index < -0.39 is 17.8 Å². The van der Waals surface area contributed by atoms with Gasteiger partial charge in [0, 0.05) is 11.9 Å². The summed E-state index contributed by atoms with van der Waals surface area (Å²) in [6.45, 7) is 1.68.